The van der Waals surface area contributed by atoms with E-state index < -0.39 is 21.2 Å². The molecule has 0 saturated heterocycles. The first-order valence-corrected chi connectivity index (χ1v) is 11.8. The molecule has 0 fully saturated rings. The smallest absolute Gasteiger partial charge is 0.277 e. The number of fused-ring (bicyclic) bond motifs is 2. The Kier molecular flexibility index (Phi) is 5.88. The largest absolute Gasteiger partial charge is 0.485 e. The average Bonchev–Trinajstić information content (AvgIpc) is 3.56. The molecule has 0 aliphatic rings. The molecule has 39 heavy (non-hydrogen) atoms. The molecule has 0 spiro atoms. The Morgan fingerprint density at radius 2 is 1.56 bits per heavy atom. The van der Waals surface area contributed by atoms with Gasteiger partial charge in [0.05, 0.1) is 32.5 Å². The van der Waals surface area contributed by atoms with Crippen LogP contribution >= 0.6 is 0 Å². The fourth-order valence-electron chi connectivity index (χ4n) is 4.37. The Bertz CT molecular complexity index is 1840. The number of rotatable bonds is 8. The van der Waals surface area contributed by atoms with Crippen LogP contribution in [-0.4, -0.2) is 29.6 Å². The van der Waals surface area contributed by atoms with Crippen LogP contribution in [0.2, 0.25) is 0 Å². The molecular formula is C27H18N6O6. The Labute approximate surface area is 219 Å². The van der Waals surface area contributed by atoms with E-state index in [1.54, 1.807) is 0 Å². The van der Waals surface area contributed by atoms with Gasteiger partial charge in [-0.15, -0.1) is 10.2 Å². The maximum Gasteiger partial charge on any atom is 0.277 e. The van der Waals surface area contributed by atoms with Crippen molar-refractivity contribution in [3.63, 3.8) is 0 Å². The number of hydrogen-bond acceptors (Lipinski definition) is 9. The quantitative estimate of drug-likeness (QED) is 0.181. The summed E-state index contributed by atoms with van der Waals surface area (Å²) < 4.78 is 13.8. The number of hydrogen-bond donors (Lipinski definition) is 0. The van der Waals surface area contributed by atoms with E-state index in [9.17, 15) is 20.2 Å². The van der Waals surface area contributed by atoms with Gasteiger partial charge in [0, 0.05) is 17.5 Å². The minimum atomic E-state index is -0.715. The molecular weight excluding hydrogens is 504 g/mol. The van der Waals surface area contributed by atoms with Crippen molar-refractivity contribution in [2.75, 3.05) is 0 Å². The predicted molar refractivity (Wildman–Crippen MR) is 140 cm³/mol. The molecule has 0 atom stereocenters. The SMILES string of the molecule is O=[N+]([O-])c1cc(-c2nnc(Cn3c(COc4cccc5ccccc45)nc4ccccc43)o2)cc([N+](=O)[O-])c1. The number of nitro benzene ring substituents is 2. The summed E-state index contributed by atoms with van der Waals surface area (Å²) in [5.41, 5.74) is 0.743. The molecule has 192 valence electrons. The van der Waals surface area contributed by atoms with Gasteiger partial charge in [0.2, 0.25) is 11.8 Å². The molecule has 0 N–H and O–H groups in total. The van der Waals surface area contributed by atoms with Crippen LogP contribution in [0.15, 0.2) is 89.3 Å². The number of benzene rings is 4. The minimum absolute atomic E-state index is 0.0738. The normalized spacial score (nSPS) is 11.2. The molecule has 6 rings (SSSR count). The van der Waals surface area contributed by atoms with E-state index in [2.05, 4.69) is 10.2 Å². The van der Waals surface area contributed by atoms with Crippen molar-refractivity contribution in [3.05, 3.63) is 117 Å². The second-order valence-electron chi connectivity index (χ2n) is 8.62. The van der Waals surface area contributed by atoms with E-state index in [4.69, 9.17) is 14.1 Å². The summed E-state index contributed by atoms with van der Waals surface area (Å²) in [5, 5.41) is 32.6. The number of nitrogens with zero attached hydrogens (tertiary/aromatic N) is 6. The molecule has 2 aromatic heterocycles. The van der Waals surface area contributed by atoms with Gasteiger partial charge in [-0.25, -0.2) is 4.98 Å². The molecule has 12 heteroatoms. The molecule has 0 radical (unpaired) electrons. The number of ether oxygens (including phenoxy) is 1. The number of nitro groups is 2. The Balaban J connectivity index is 1.32. The van der Waals surface area contributed by atoms with Crippen LogP contribution in [0.25, 0.3) is 33.3 Å². The van der Waals surface area contributed by atoms with Gasteiger partial charge < -0.3 is 13.7 Å². The zero-order chi connectivity index (χ0) is 26.9. The zero-order valence-electron chi connectivity index (χ0n) is 20.1. The van der Waals surface area contributed by atoms with Crippen LogP contribution in [-0.2, 0) is 13.2 Å². The fraction of sp³-hybridized carbons (Fsp3) is 0.0741. The van der Waals surface area contributed by atoms with Crippen molar-refractivity contribution in [2.45, 2.75) is 13.2 Å². The van der Waals surface area contributed by atoms with E-state index in [0.29, 0.717) is 5.82 Å². The second-order valence-corrected chi connectivity index (χ2v) is 8.62. The predicted octanol–water partition coefficient (Wildman–Crippen LogP) is 5.68. The third-order valence-corrected chi connectivity index (χ3v) is 6.17. The number of aromatic nitrogens is 4. The van der Waals surface area contributed by atoms with Gasteiger partial charge in [-0.1, -0.05) is 48.5 Å². The van der Waals surface area contributed by atoms with Crippen molar-refractivity contribution in [2.24, 2.45) is 0 Å². The van der Waals surface area contributed by atoms with Crippen LogP contribution in [0.5, 0.6) is 5.75 Å². The maximum atomic E-state index is 11.3. The van der Waals surface area contributed by atoms with Crippen LogP contribution in [0.3, 0.4) is 0 Å². The van der Waals surface area contributed by atoms with Gasteiger partial charge in [-0.3, -0.25) is 20.2 Å². The van der Waals surface area contributed by atoms with Gasteiger partial charge in [0.25, 0.3) is 11.4 Å². The first kappa shape index (κ1) is 23.7. The van der Waals surface area contributed by atoms with Gasteiger partial charge in [-0.2, -0.15) is 0 Å². The lowest BCUT2D eigenvalue weighted by Gasteiger charge is -2.11. The highest BCUT2D eigenvalue weighted by Crippen LogP contribution is 2.30. The molecule has 4 aromatic carbocycles. The molecule has 6 aromatic rings. The van der Waals surface area contributed by atoms with Crippen LogP contribution in [0.4, 0.5) is 11.4 Å². The molecule has 0 aliphatic heterocycles. The van der Waals surface area contributed by atoms with Gasteiger partial charge >= 0.3 is 0 Å². The average molecular weight is 522 g/mol. The Morgan fingerprint density at radius 1 is 0.846 bits per heavy atom. The number of para-hydroxylation sites is 2. The zero-order valence-corrected chi connectivity index (χ0v) is 20.1. The highest BCUT2D eigenvalue weighted by atomic mass is 16.6. The Morgan fingerprint density at radius 3 is 2.36 bits per heavy atom. The first-order valence-electron chi connectivity index (χ1n) is 11.8. The van der Waals surface area contributed by atoms with Crippen LogP contribution in [0.1, 0.15) is 11.7 Å². The summed E-state index contributed by atoms with van der Waals surface area (Å²) in [6.07, 6.45) is 0. The van der Waals surface area contributed by atoms with E-state index in [-0.39, 0.29) is 30.5 Å². The molecule has 0 bridgehead atoms. The lowest BCUT2D eigenvalue weighted by atomic mass is 10.1. The van der Waals surface area contributed by atoms with E-state index in [1.807, 2.05) is 71.3 Å². The standard InChI is InChI=1S/C27H18N6O6/c34-32(35)19-12-18(13-20(14-19)33(36)37)27-30-29-26(39-27)15-31-23-10-4-3-9-22(23)28-25(31)16-38-24-11-5-7-17-6-1-2-8-21(17)24/h1-14H,15-16H2. The first-order chi connectivity index (χ1) is 19.0. The molecule has 12 nitrogen and oxygen atoms in total. The summed E-state index contributed by atoms with van der Waals surface area (Å²) in [7, 11) is 0. The van der Waals surface area contributed by atoms with Crippen LogP contribution in [0, 0.1) is 20.2 Å². The van der Waals surface area contributed by atoms with E-state index >= 15 is 0 Å². The minimum Gasteiger partial charge on any atom is -0.485 e. The lowest BCUT2D eigenvalue weighted by molar-refractivity contribution is -0.394. The molecule has 0 unspecified atom stereocenters. The van der Waals surface area contributed by atoms with Gasteiger partial charge in [0.15, 0.2) is 0 Å². The molecule has 0 aliphatic carbocycles. The summed E-state index contributed by atoms with van der Waals surface area (Å²) in [6, 6.07) is 24.5. The lowest BCUT2D eigenvalue weighted by Crippen LogP contribution is -2.09. The summed E-state index contributed by atoms with van der Waals surface area (Å²) in [6.45, 7) is 0.305. The molecule has 2 heterocycles. The van der Waals surface area contributed by atoms with E-state index in [0.717, 1.165) is 45.8 Å². The topological polar surface area (TPSA) is 152 Å². The summed E-state index contributed by atoms with van der Waals surface area (Å²) in [5.74, 6) is 1.46. The van der Waals surface area contributed by atoms with Gasteiger partial charge in [0.1, 0.15) is 24.7 Å². The van der Waals surface area contributed by atoms with Crippen molar-refractivity contribution < 1.29 is 19.0 Å². The third-order valence-electron chi connectivity index (χ3n) is 6.17. The number of non-ortho nitro benzene ring substituents is 2. The van der Waals surface area contributed by atoms with Crippen molar-refractivity contribution in [3.8, 4) is 17.2 Å². The van der Waals surface area contributed by atoms with Crippen molar-refractivity contribution in [1.82, 2.24) is 19.7 Å². The number of imidazole rings is 1. The molecule has 0 saturated carbocycles. The van der Waals surface area contributed by atoms with Crippen molar-refractivity contribution >= 4 is 33.2 Å². The maximum absolute atomic E-state index is 11.3. The second kappa shape index (κ2) is 9.67. The highest BCUT2D eigenvalue weighted by Gasteiger charge is 2.21. The fourth-order valence-corrected chi connectivity index (χ4v) is 4.37. The molecule has 0 amide bonds. The van der Waals surface area contributed by atoms with Crippen molar-refractivity contribution in [1.29, 1.82) is 0 Å². The van der Waals surface area contributed by atoms with Gasteiger partial charge in [-0.05, 0) is 23.6 Å². The monoisotopic (exact) mass is 522 g/mol. The highest BCUT2D eigenvalue weighted by molar-refractivity contribution is 5.88. The Hall–Kier alpha value is -5.65. The van der Waals surface area contributed by atoms with Crippen LogP contribution < -0.4 is 4.74 Å². The van der Waals surface area contributed by atoms with E-state index in [1.165, 1.54) is 0 Å². The third kappa shape index (κ3) is 4.62. The summed E-state index contributed by atoms with van der Waals surface area (Å²) in [4.78, 5) is 25.8. The summed E-state index contributed by atoms with van der Waals surface area (Å²) >= 11 is 0.